The first-order valence-corrected chi connectivity index (χ1v) is 7.22. The molecular weight excluding hydrogens is 251 g/mol. The van der Waals surface area contributed by atoms with E-state index in [-0.39, 0.29) is 5.82 Å². The van der Waals surface area contributed by atoms with E-state index >= 15 is 0 Å². The highest BCUT2D eigenvalue weighted by molar-refractivity contribution is 5.30. The van der Waals surface area contributed by atoms with Crippen LogP contribution >= 0.6 is 0 Å². The molecule has 0 bridgehead atoms. The van der Waals surface area contributed by atoms with Gasteiger partial charge in [-0.3, -0.25) is 0 Å². The van der Waals surface area contributed by atoms with Crippen LogP contribution in [-0.2, 0) is 19.3 Å². The van der Waals surface area contributed by atoms with Gasteiger partial charge < -0.3 is 4.74 Å². The minimum Gasteiger partial charge on any atom is -0.493 e. The topological polar surface area (TPSA) is 9.23 Å². The monoisotopic (exact) mass is 272 g/mol. The van der Waals surface area contributed by atoms with E-state index in [1.54, 1.807) is 6.07 Å². The SMILES string of the molecule is CCc1ccc(OCCc2ccccc2CC)cc1F. The minimum atomic E-state index is -0.182. The maximum atomic E-state index is 13.6. The summed E-state index contributed by atoms with van der Waals surface area (Å²) >= 11 is 0. The molecule has 0 saturated heterocycles. The van der Waals surface area contributed by atoms with Gasteiger partial charge in [0.05, 0.1) is 6.61 Å². The van der Waals surface area contributed by atoms with Crippen LogP contribution in [0.3, 0.4) is 0 Å². The fraction of sp³-hybridized carbons (Fsp3) is 0.333. The highest BCUT2D eigenvalue weighted by Gasteiger charge is 2.04. The summed E-state index contributed by atoms with van der Waals surface area (Å²) in [4.78, 5) is 0. The quantitative estimate of drug-likeness (QED) is 0.748. The summed E-state index contributed by atoms with van der Waals surface area (Å²) in [5.41, 5.74) is 3.39. The summed E-state index contributed by atoms with van der Waals surface area (Å²) in [7, 11) is 0. The number of aryl methyl sites for hydroxylation is 2. The molecule has 0 saturated carbocycles. The van der Waals surface area contributed by atoms with Crippen molar-refractivity contribution in [2.24, 2.45) is 0 Å². The largest absolute Gasteiger partial charge is 0.493 e. The third kappa shape index (κ3) is 3.60. The van der Waals surface area contributed by atoms with E-state index in [2.05, 4.69) is 25.1 Å². The van der Waals surface area contributed by atoms with Crippen molar-refractivity contribution in [1.29, 1.82) is 0 Å². The molecule has 1 nitrogen and oxygen atoms in total. The van der Waals surface area contributed by atoms with E-state index in [0.717, 1.165) is 18.4 Å². The predicted octanol–water partition coefficient (Wildman–Crippen LogP) is 4.57. The smallest absolute Gasteiger partial charge is 0.130 e. The van der Waals surface area contributed by atoms with Gasteiger partial charge in [-0.05, 0) is 35.6 Å². The zero-order valence-electron chi connectivity index (χ0n) is 12.2. The molecule has 2 aromatic carbocycles. The van der Waals surface area contributed by atoms with Crippen LogP contribution in [0.4, 0.5) is 4.39 Å². The van der Waals surface area contributed by atoms with Crippen LogP contribution in [-0.4, -0.2) is 6.61 Å². The Morgan fingerprint density at radius 3 is 2.25 bits per heavy atom. The molecule has 0 aliphatic carbocycles. The highest BCUT2D eigenvalue weighted by atomic mass is 19.1. The van der Waals surface area contributed by atoms with E-state index in [9.17, 15) is 4.39 Å². The Bertz CT molecular complexity index is 563. The maximum Gasteiger partial charge on any atom is 0.130 e. The van der Waals surface area contributed by atoms with Crippen molar-refractivity contribution in [1.82, 2.24) is 0 Å². The molecule has 0 aromatic heterocycles. The van der Waals surface area contributed by atoms with Crippen molar-refractivity contribution in [2.75, 3.05) is 6.61 Å². The first-order valence-electron chi connectivity index (χ1n) is 7.22. The Kier molecular flexibility index (Phi) is 5.16. The Morgan fingerprint density at radius 2 is 1.60 bits per heavy atom. The maximum absolute atomic E-state index is 13.6. The summed E-state index contributed by atoms with van der Waals surface area (Å²) in [6, 6.07) is 13.5. The Labute approximate surface area is 120 Å². The third-order valence-electron chi connectivity index (χ3n) is 3.54. The number of halogens is 1. The van der Waals surface area contributed by atoms with Crippen molar-refractivity contribution in [2.45, 2.75) is 33.1 Å². The van der Waals surface area contributed by atoms with Crippen LogP contribution in [0, 0.1) is 5.82 Å². The number of ether oxygens (including phenoxy) is 1. The summed E-state index contributed by atoms with van der Waals surface area (Å²) < 4.78 is 19.3. The summed E-state index contributed by atoms with van der Waals surface area (Å²) in [5, 5.41) is 0. The van der Waals surface area contributed by atoms with Crippen molar-refractivity contribution in [3.63, 3.8) is 0 Å². The molecule has 0 unspecified atom stereocenters. The Hall–Kier alpha value is -1.83. The average molecular weight is 272 g/mol. The molecule has 0 aliphatic rings. The van der Waals surface area contributed by atoms with Gasteiger partial charge in [0.1, 0.15) is 11.6 Å². The van der Waals surface area contributed by atoms with Crippen molar-refractivity contribution in [3.05, 3.63) is 65.0 Å². The van der Waals surface area contributed by atoms with Crippen LogP contribution in [0.15, 0.2) is 42.5 Å². The Morgan fingerprint density at radius 1 is 0.900 bits per heavy atom. The number of rotatable bonds is 6. The van der Waals surface area contributed by atoms with Crippen LogP contribution in [0.25, 0.3) is 0 Å². The molecular formula is C18H21FO. The predicted molar refractivity (Wildman–Crippen MR) is 80.8 cm³/mol. The third-order valence-corrected chi connectivity index (χ3v) is 3.54. The molecule has 0 amide bonds. The van der Waals surface area contributed by atoms with E-state index in [0.29, 0.717) is 18.8 Å². The van der Waals surface area contributed by atoms with Crippen LogP contribution in [0.5, 0.6) is 5.75 Å². The molecule has 106 valence electrons. The first-order chi connectivity index (χ1) is 9.74. The van der Waals surface area contributed by atoms with Gasteiger partial charge in [-0.1, -0.05) is 44.2 Å². The van der Waals surface area contributed by atoms with Gasteiger partial charge in [0, 0.05) is 12.5 Å². The molecule has 0 fully saturated rings. The standard InChI is InChI=1S/C18H21FO/c1-3-14-7-5-6-8-16(14)11-12-20-17-10-9-15(4-2)18(19)13-17/h5-10,13H,3-4,11-12H2,1-2H3. The lowest BCUT2D eigenvalue weighted by Gasteiger charge is -2.10. The van der Waals surface area contributed by atoms with Gasteiger partial charge in [0.25, 0.3) is 0 Å². The van der Waals surface area contributed by atoms with Gasteiger partial charge >= 0.3 is 0 Å². The molecule has 0 N–H and O–H groups in total. The lowest BCUT2D eigenvalue weighted by molar-refractivity contribution is 0.319. The second kappa shape index (κ2) is 7.09. The number of hydrogen-bond acceptors (Lipinski definition) is 1. The zero-order valence-corrected chi connectivity index (χ0v) is 12.2. The van der Waals surface area contributed by atoms with Crippen molar-refractivity contribution < 1.29 is 9.13 Å². The van der Waals surface area contributed by atoms with Gasteiger partial charge in [0.2, 0.25) is 0 Å². The summed E-state index contributed by atoms with van der Waals surface area (Å²) in [5.74, 6) is 0.424. The fourth-order valence-corrected chi connectivity index (χ4v) is 2.33. The molecule has 2 rings (SSSR count). The van der Waals surface area contributed by atoms with Gasteiger partial charge in [-0.2, -0.15) is 0 Å². The lowest BCUT2D eigenvalue weighted by Crippen LogP contribution is -2.04. The fourth-order valence-electron chi connectivity index (χ4n) is 2.33. The van der Waals surface area contributed by atoms with Gasteiger partial charge in [-0.15, -0.1) is 0 Å². The van der Waals surface area contributed by atoms with E-state index < -0.39 is 0 Å². The van der Waals surface area contributed by atoms with E-state index in [4.69, 9.17) is 4.74 Å². The van der Waals surface area contributed by atoms with Crippen LogP contribution in [0.2, 0.25) is 0 Å². The molecule has 0 spiro atoms. The van der Waals surface area contributed by atoms with Crippen LogP contribution in [0.1, 0.15) is 30.5 Å². The number of benzene rings is 2. The van der Waals surface area contributed by atoms with E-state index in [1.807, 2.05) is 19.1 Å². The normalized spacial score (nSPS) is 10.6. The molecule has 0 heterocycles. The Balaban J connectivity index is 1.94. The van der Waals surface area contributed by atoms with Crippen molar-refractivity contribution >= 4 is 0 Å². The molecule has 2 heteroatoms. The lowest BCUT2D eigenvalue weighted by atomic mass is 10.0. The molecule has 20 heavy (non-hydrogen) atoms. The highest BCUT2D eigenvalue weighted by Crippen LogP contribution is 2.18. The average Bonchev–Trinajstić information content (AvgIpc) is 2.48. The molecule has 2 aromatic rings. The second-order valence-electron chi connectivity index (χ2n) is 4.83. The van der Waals surface area contributed by atoms with E-state index in [1.165, 1.54) is 17.2 Å². The molecule has 0 radical (unpaired) electrons. The molecule has 0 aliphatic heterocycles. The summed E-state index contributed by atoms with van der Waals surface area (Å²) in [6.45, 7) is 4.67. The number of hydrogen-bond donors (Lipinski definition) is 0. The summed E-state index contributed by atoms with van der Waals surface area (Å²) in [6.07, 6.45) is 2.58. The minimum absolute atomic E-state index is 0.182. The van der Waals surface area contributed by atoms with Crippen LogP contribution < -0.4 is 4.74 Å². The van der Waals surface area contributed by atoms with Gasteiger partial charge in [0.15, 0.2) is 0 Å². The van der Waals surface area contributed by atoms with Crippen molar-refractivity contribution in [3.8, 4) is 5.75 Å². The van der Waals surface area contributed by atoms with Gasteiger partial charge in [-0.25, -0.2) is 4.39 Å². The first kappa shape index (κ1) is 14.6. The molecule has 0 atom stereocenters. The second-order valence-corrected chi connectivity index (χ2v) is 4.83. The zero-order chi connectivity index (χ0) is 14.4.